The molecule has 6 heteroatoms. The molecule has 27 heavy (non-hydrogen) atoms. The first-order chi connectivity index (χ1) is 13.2. The van der Waals surface area contributed by atoms with Gasteiger partial charge in [-0.05, 0) is 42.9 Å². The van der Waals surface area contributed by atoms with Gasteiger partial charge in [0.25, 0.3) is 5.91 Å². The van der Waals surface area contributed by atoms with Gasteiger partial charge >= 0.3 is 0 Å². The van der Waals surface area contributed by atoms with E-state index >= 15 is 0 Å². The summed E-state index contributed by atoms with van der Waals surface area (Å²) in [5, 5.41) is 15.8. The number of aromatic nitrogens is 3. The van der Waals surface area contributed by atoms with Gasteiger partial charge in [-0.3, -0.25) is 4.79 Å². The van der Waals surface area contributed by atoms with E-state index in [-0.39, 0.29) is 11.8 Å². The Kier molecular flexibility index (Phi) is 3.75. The van der Waals surface area contributed by atoms with Crippen LogP contribution >= 0.6 is 0 Å². The minimum Gasteiger partial charge on any atom is -0.385 e. The fourth-order valence-electron chi connectivity index (χ4n) is 4.91. The molecule has 1 N–H and O–H groups in total. The largest absolute Gasteiger partial charge is 0.385 e. The average molecular weight is 362 g/mol. The van der Waals surface area contributed by atoms with Gasteiger partial charge in [-0.15, -0.1) is 0 Å². The molecule has 1 amide bonds. The molecule has 3 atom stereocenters. The van der Waals surface area contributed by atoms with E-state index in [1.807, 2.05) is 41.3 Å². The van der Waals surface area contributed by atoms with Crippen LogP contribution in [0, 0.1) is 11.8 Å². The number of nitrogens with zero attached hydrogens (tertiary/aromatic N) is 4. The standard InChI is InChI=1S/C21H22N4O2/c26-20(18-12-22-19-9-5-11-23-25(18)19)24-13-15-6-4-10-21(27,17(15)14-24)16-7-2-1-3-8-16/h1-3,5,7-9,11-12,15,17,27H,4,6,10,13-14H2/t15-,17+,21+/m0/s1. The maximum Gasteiger partial charge on any atom is 0.274 e. The van der Waals surface area contributed by atoms with Gasteiger partial charge in [0, 0.05) is 25.2 Å². The lowest BCUT2D eigenvalue weighted by Gasteiger charge is -2.41. The highest BCUT2D eigenvalue weighted by molar-refractivity contribution is 5.93. The first kappa shape index (κ1) is 16.4. The molecule has 3 heterocycles. The number of hydrogen-bond acceptors (Lipinski definition) is 4. The van der Waals surface area contributed by atoms with Crippen LogP contribution in [0.3, 0.4) is 0 Å². The van der Waals surface area contributed by atoms with E-state index in [0.29, 0.717) is 30.3 Å². The molecule has 3 aromatic rings. The fraction of sp³-hybridized carbons (Fsp3) is 0.381. The molecule has 1 aromatic carbocycles. The van der Waals surface area contributed by atoms with Gasteiger partial charge in [-0.2, -0.15) is 5.10 Å². The highest BCUT2D eigenvalue weighted by Gasteiger charge is 2.50. The normalized spacial score (nSPS) is 27.7. The van der Waals surface area contributed by atoms with E-state index in [9.17, 15) is 9.90 Å². The van der Waals surface area contributed by atoms with Crippen molar-refractivity contribution in [3.8, 4) is 0 Å². The topological polar surface area (TPSA) is 70.7 Å². The van der Waals surface area contributed by atoms with Crippen molar-refractivity contribution in [2.75, 3.05) is 13.1 Å². The van der Waals surface area contributed by atoms with Crippen LogP contribution in [0.4, 0.5) is 0 Å². The molecule has 0 radical (unpaired) electrons. The Labute approximate surface area is 157 Å². The molecule has 0 spiro atoms. The molecule has 1 aliphatic heterocycles. The van der Waals surface area contributed by atoms with Crippen LogP contribution in [-0.2, 0) is 5.60 Å². The summed E-state index contributed by atoms with van der Waals surface area (Å²) in [6.07, 6.45) is 6.03. The average Bonchev–Trinajstić information content (AvgIpc) is 3.33. The van der Waals surface area contributed by atoms with Crippen molar-refractivity contribution in [2.24, 2.45) is 11.8 Å². The number of amides is 1. The van der Waals surface area contributed by atoms with Gasteiger partial charge < -0.3 is 10.0 Å². The second-order valence-corrected chi connectivity index (χ2v) is 7.70. The summed E-state index contributed by atoms with van der Waals surface area (Å²) in [7, 11) is 0. The number of benzene rings is 1. The van der Waals surface area contributed by atoms with Crippen LogP contribution in [-0.4, -0.2) is 43.6 Å². The number of hydrogen-bond donors (Lipinski definition) is 1. The predicted molar refractivity (Wildman–Crippen MR) is 100 cm³/mol. The van der Waals surface area contributed by atoms with Crippen LogP contribution < -0.4 is 0 Å². The highest BCUT2D eigenvalue weighted by atomic mass is 16.3. The zero-order chi connectivity index (χ0) is 18.4. The van der Waals surface area contributed by atoms with E-state index in [1.165, 1.54) is 0 Å². The van der Waals surface area contributed by atoms with Crippen molar-refractivity contribution in [2.45, 2.75) is 24.9 Å². The SMILES string of the molecule is O=C(c1cnc2cccnn12)N1C[C@@H]2CCC[C@@](O)(c3ccccc3)[C@@H]2C1. The van der Waals surface area contributed by atoms with Gasteiger partial charge in [0.15, 0.2) is 11.3 Å². The van der Waals surface area contributed by atoms with Crippen molar-refractivity contribution >= 4 is 11.6 Å². The molecule has 2 fully saturated rings. The third-order valence-electron chi connectivity index (χ3n) is 6.25. The van der Waals surface area contributed by atoms with Crippen LogP contribution in [0.5, 0.6) is 0 Å². The maximum atomic E-state index is 13.2. The molecule has 0 bridgehead atoms. The van der Waals surface area contributed by atoms with E-state index in [1.54, 1.807) is 23.0 Å². The molecule has 0 unspecified atom stereocenters. The van der Waals surface area contributed by atoms with Gasteiger partial charge in [-0.25, -0.2) is 9.50 Å². The van der Waals surface area contributed by atoms with Crippen molar-refractivity contribution in [3.63, 3.8) is 0 Å². The Morgan fingerprint density at radius 3 is 2.85 bits per heavy atom. The molecular formula is C21H22N4O2. The summed E-state index contributed by atoms with van der Waals surface area (Å²) in [6.45, 7) is 1.24. The predicted octanol–water partition coefficient (Wildman–Crippen LogP) is 2.49. The third-order valence-corrected chi connectivity index (χ3v) is 6.25. The van der Waals surface area contributed by atoms with Crippen molar-refractivity contribution in [1.82, 2.24) is 19.5 Å². The van der Waals surface area contributed by atoms with Crippen LogP contribution in [0.25, 0.3) is 5.65 Å². The summed E-state index contributed by atoms with van der Waals surface area (Å²) in [4.78, 5) is 19.3. The molecule has 138 valence electrons. The van der Waals surface area contributed by atoms with Gasteiger partial charge in [0.2, 0.25) is 0 Å². The number of rotatable bonds is 2. The molecular weight excluding hydrogens is 340 g/mol. The number of likely N-dealkylation sites (tertiary alicyclic amines) is 1. The van der Waals surface area contributed by atoms with E-state index in [4.69, 9.17) is 0 Å². The van der Waals surface area contributed by atoms with Crippen molar-refractivity contribution in [3.05, 3.63) is 66.1 Å². The van der Waals surface area contributed by atoms with Gasteiger partial charge in [0.05, 0.1) is 11.8 Å². The van der Waals surface area contributed by atoms with Gasteiger partial charge in [-0.1, -0.05) is 30.3 Å². The zero-order valence-electron chi connectivity index (χ0n) is 15.0. The Hall–Kier alpha value is -2.73. The van der Waals surface area contributed by atoms with Crippen LogP contribution in [0.1, 0.15) is 35.3 Å². The zero-order valence-corrected chi connectivity index (χ0v) is 15.0. The van der Waals surface area contributed by atoms with Gasteiger partial charge in [0.1, 0.15) is 0 Å². The van der Waals surface area contributed by atoms with Crippen LogP contribution in [0.15, 0.2) is 54.9 Å². The fourth-order valence-corrected chi connectivity index (χ4v) is 4.91. The molecule has 1 saturated heterocycles. The monoisotopic (exact) mass is 362 g/mol. The first-order valence-electron chi connectivity index (χ1n) is 9.53. The Balaban J connectivity index is 1.45. The summed E-state index contributed by atoms with van der Waals surface area (Å²) < 4.78 is 1.59. The Bertz CT molecular complexity index is 986. The maximum absolute atomic E-state index is 13.2. The lowest BCUT2D eigenvalue weighted by Crippen LogP contribution is -2.43. The molecule has 6 nitrogen and oxygen atoms in total. The summed E-state index contributed by atoms with van der Waals surface area (Å²) in [6, 6.07) is 13.6. The minimum absolute atomic E-state index is 0.0599. The van der Waals surface area contributed by atoms with Crippen molar-refractivity contribution < 1.29 is 9.90 Å². The molecule has 1 aliphatic carbocycles. The first-order valence-corrected chi connectivity index (χ1v) is 9.53. The van der Waals surface area contributed by atoms with E-state index in [2.05, 4.69) is 10.1 Å². The van der Waals surface area contributed by atoms with Crippen LogP contribution in [0.2, 0.25) is 0 Å². The second kappa shape index (κ2) is 6.16. The number of imidazole rings is 1. The number of carbonyl (C=O) groups is 1. The lowest BCUT2D eigenvalue weighted by atomic mass is 9.67. The molecule has 2 aromatic heterocycles. The highest BCUT2D eigenvalue weighted by Crippen LogP contribution is 2.48. The minimum atomic E-state index is -0.864. The summed E-state index contributed by atoms with van der Waals surface area (Å²) in [5.41, 5.74) is 1.24. The number of aliphatic hydroxyl groups is 1. The second-order valence-electron chi connectivity index (χ2n) is 7.70. The summed E-state index contributed by atoms with van der Waals surface area (Å²) in [5.74, 6) is 0.316. The molecule has 2 aliphatic rings. The third kappa shape index (κ3) is 2.55. The smallest absolute Gasteiger partial charge is 0.274 e. The number of carbonyl (C=O) groups excluding carboxylic acids is 1. The quantitative estimate of drug-likeness (QED) is 0.760. The summed E-state index contributed by atoms with van der Waals surface area (Å²) >= 11 is 0. The lowest BCUT2D eigenvalue weighted by molar-refractivity contribution is -0.0644. The number of fused-ring (bicyclic) bond motifs is 2. The molecule has 5 rings (SSSR count). The van der Waals surface area contributed by atoms with E-state index < -0.39 is 5.60 Å². The Morgan fingerprint density at radius 2 is 2.00 bits per heavy atom. The molecule has 1 saturated carbocycles. The Morgan fingerprint density at radius 1 is 1.15 bits per heavy atom. The van der Waals surface area contributed by atoms with E-state index in [0.717, 1.165) is 24.8 Å². The van der Waals surface area contributed by atoms with Crippen molar-refractivity contribution in [1.29, 1.82) is 0 Å².